The average Bonchev–Trinajstić information content (AvgIpc) is 3.18. The largest absolute Gasteiger partial charge is 2.00 e. The number of hydrogen-bond donors (Lipinski definition) is 0. The van der Waals surface area contributed by atoms with E-state index in [-0.39, 0.29) is 18.6 Å². The minimum Gasteiger partial charge on any atom is -0.226 e. The van der Waals surface area contributed by atoms with E-state index in [0.717, 1.165) is 11.1 Å². The summed E-state index contributed by atoms with van der Waals surface area (Å²) in [6, 6.07) is 67.5. The molecule has 0 saturated heterocycles. The summed E-state index contributed by atoms with van der Waals surface area (Å²) < 4.78 is 0. The van der Waals surface area contributed by atoms with Gasteiger partial charge >= 0.3 is 18.6 Å². The van der Waals surface area contributed by atoms with Gasteiger partial charge in [0.05, 0.1) is 0 Å². The smallest absolute Gasteiger partial charge is 0.226 e. The van der Waals surface area contributed by atoms with E-state index in [1.807, 2.05) is 149 Å². The maximum Gasteiger partial charge on any atom is 2.00 e. The standard InChI is InChI=1S/C14H10.C12H8.2C6H6.2C5H12.2C2H6.V/c1-3-7-13-11(5-1)9-10-12-6-2-4-8-14(12)13;1-3-7-11(8-4-1)12-9-5-2-6-10-12;2*1-2-4-6-5-3-1;2*1-5(2,3)4;2*1-2;/h1-10H;1-7,9H;2*1-6H;2*1-4H3;2*1-2H3;/q;-2;;;;;;;+2. The predicted molar refractivity (Wildman–Crippen MR) is 237 cm³/mol. The zero-order valence-electron chi connectivity index (χ0n) is 34.8. The van der Waals surface area contributed by atoms with Crippen molar-refractivity contribution in [2.45, 2.75) is 83.1 Å². The monoisotopic (exact) mass is 741 g/mol. The molecule has 0 aliphatic rings. The molecule has 0 fully saturated rings. The van der Waals surface area contributed by atoms with Crippen LogP contribution in [0.5, 0.6) is 0 Å². The Balaban J connectivity index is 0. The summed E-state index contributed by atoms with van der Waals surface area (Å²) in [5.74, 6) is 0. The molecule has 0 N–H and O–H groups in total. The maximum atomic E-state index is 3.15. The van der Waals surface area contributed by atoms with Crippen LogP contribution in [-0.2, 0) is 18.6 Å². The van der Waals surface area contributed by atoms with Gasteiger partial charge in [0.15, 0.2) is 0 Å². The van der Waals surface area contributed by atoms with Gasteiger partial charge in [-0.1, -0.05) is 217 Å². The molecule has 1 heteroatoms. The molecule has 7 aromatic rings. The Morgan fingerprint density at radius 1 is 0.302 bits per heavy atom. The average molecular weight is 742 g/mol. The SMILES string of the molecule is CC.CC.CC(C)(C)C.CC(C)(C)C.[V+2].[c-]1ccccc1-c1[c-]cccc1.c1ccc2c(c1)ccc1ccccc12.c1ccccc1.c1ccccc1. The van der Waals surface area contributed by atoms with Crippen molar-refractivity contribution in [2.24, 2.45) is 10.8 Å². The van der Waals surface area contributed by atoms with Crippen molar-refractivity contribution in [1.82, 2.24) is 0 Å². The quantitative estimate of drug-likeness (QED) is 0.116. The van der Waals surface area contributed by atoms with Gasteiger partial charge in [-0.15, -0.1) is 12.1 Å². The van der Waals surface area contributed by atoms with Crippen LogP contribution in [0.3, 0.4) is 0 Å². The summed E-state index contributed by atoms with van der Waals surface area (Å²) in [7, 11) is 0. The van der Waals surface area contributed by atoms with Crippen LogP contribution in [0.15, 0.2) is 182 Å². The van der Waals surface area contributed by atoms with Crippen LogP contribution in [0.4, 0.5) is 0 Å². The Kier molecular flexibility index (Phi) is 29.9. The Labute approximate surface area is 337 Å². The zero-order valence-corrected chi connectivity index (χ0v) is 36.2. The van der Waals surface area contributed by atoms with Gasteiger partial charge in [-0.3, -0.25) is 0 Å². The molecular weight excluding hydrogens is 676 g/mol. The second-order valence-corrected chi connectivity index (χ2v) is 14.4. The van der Waals surface area contributed by atoms with Gasteiger partial charge in [0.2, 0.25) is 0 Å². The van der Waals surface area contributed by atoms with E-state index in [1.165, 1.54) is 21.5 Å². The van der Waals surface area contributed by atoms with E-state index in [0.29, 0.717) is 10.8 Å². The fourth-order valence-electron chi connectivity index (χ4n) is 3.85. The Morgan fingerprint density at radius 2 is 0.528 bits per heavy atom. The minimum atomic E-state index is 0. The van der Waals surface area contributed by atoms with Crippen LogP contribution in [0.1, 0.15) is 83.1 Å². The van der Waals surface area contributed by atoms with Gasteiger partial charge in [0.25, 0.3) is 0 Å². The molecule has 0 aliphatic heterocycles. The molecule has 0 nitrogen and oxygen atoms in total. The van der Waals surface area contributed by atoms with Crippen LogP contribution in [0.25, 0.3) is 32.7 Å². The normalized spacial score (nSPS) is 9.36. The van der Waals surface area contributed by atoms with Gasteiger partial charge in [0, 0.05) is 0 Å². The fourth-order valence-corrected chi connectivity index (χ4v) is 3.85. The molecule has 0 spiro atoms. The molecule has 0 heterocycles. The van der Waals surface area contributed by atoms with E-state index in [1.54, 1.807) is 0 Å². The summed E-state index contributed by atoms with van der Waals surface area (Å²) in [5.41, 5.74) is 3.19. The number of rotatable bonds is 1. The Hall–Kier alpha value is -4.36. The second-order valence-electron chi connectivity index (χ2n) is 14.4. The molecule has 7 aromatic carbocycles. The number of hydrogen-bond acceptors (Lipinski definition) is 0. The molecule has 279 valence electrons. The molecule has 0 saturated carbocycles. The molecule has 0 unspecified atom stereocenters. The third-order valence-corrected chi connectivity index (χ3v) is 5.70. The molecule has 0 bridgehead atoms. The van der Waals surface area contributed by atoms with Gasteiger partial charge in [-0.05, 0) is 32.4 Å². The summed E-state index contributed by atoms with van der Waals surface area (Å²) in [6.07, 6.45) is 0. The first-order valence-electron chi connectivity index (χ1n) is 18.7. The summed E-state index contributed by atoms with van der Waals surface area (Å²) >= 11 is 0. The van der Waals surface area contributed by atoms with Gasteiger partial charge in [-0.25, -0.2) is 11.1 Å². The van der Waals surface area contributed by atoms with Gasteiger partial charge in [-0.2, -0.15) is 48.5 Å². The molecular formula is C52H66V. The molecule has 7 rings (SSSR count). The van der Waals surface area contributed by atoms with Crippen molar-refractivity contribution in [2.75, 3.05) is 0 Å². The third-order valence-electron chi connectivity index (χ3n) is 5.70. The third kappa shape index (κ3) is 28.9. The summed E-state index contributed by atoms with van der Waals surface area (Å²) in [6.45, 7) is 25.5. The summed E-state index contributed by atoms with van der Waals surface area (Å²) in [5, 5.41) is 5.30. The van der Waals surface area contributed by atoms with E-state index in [9.17, 15) is 0 Å². The van der Waals surface area contributed by atoms with Crippen LogP contribution in [-0.4, -0.2) is 0 Å². The van der Waals surface area contributed by atoms with Crippen molar-refractivity contribution in [3.63, 3.8) is 0 Å². The van der Waals surface area contributed by atoms with Crippen molar-refractivity contribution in [3.05, 3.63) is 194 Å². The predicted octanol–water partition coefficient (Wildman–Crippen LogP) is 16.5. The first-order chi connectivity index (χ1) is 24.9. The minimum absolute atomic E-state index is 0. The first-order valence-corrected chi connectivity index (χ1v) is 18.7. The number of fused-ring (bicyclic) bond motifs is 3. The summed E-state index contributed by atoms with van der Waals surface area (Å²) in [4.78, 5) is 0. The van der Waals surface area contributed by atoms with E-state index in [4.69, 9.17) is 0 Å². The van der Waals surface area contributed by atoms with E-state index >= 15 is 0 Å². The van der Waals surface area contributed by atoms with Crippen LogP contribution in [0, 0.1) is 23.0 Å². The van der Waals surface area contributed by atoms with Crippen molar-refractivity contribution >= 4 is 21.5 Å². The Bertz CT molecular complexity index is 1560. The fraction of sp³-hybridized carbons (Fsp3) is 0.269. The van der Waals surface area contributed by atoms with E-state index in [2.05, 4.69) is 128 Å². The molecule has 0 atom stereocenters. The number of benzene rings is 7. The van der Waals surface area contributed by atoms with Crippen molar-refractivity contribution < 1.29 is 18.6 Å². The van der Waals surface area contributed by atoms with Crippen LogP contribution in [0.2, 0.25) is 0 Å². The van der Waals surface area contributed by atoms with E-state index < -0.39 is 0 Å². The maximum absolute atomic E-state index is 3.15. The van der Waals surface area contributed by atoms with Crippen molar-refractivity contribution in [3.8, 4) is 11.1 Å². The van der Waals surface area contributed by atoms with Gasteiger partial charge < -0.3 is 0 Å². The molecule has 0 amide bonds. The van der Waals surface area contributed by atoms with Gasteiger partial charge in [0.1, 0.15) is 0 Å². The molecule has 0 aromatic heterocycles. The molecule has 0 aliphatic carbocycles. The van der Waals surface area contributed by atoms with Crippen LogP contribution < -0.4 is 0 Å². The molecule has 53 heavy (non-hydrogen) atoms. The van der Waals surface area contributed by atoms with Crippen LogP contribution >= 0.6 is 0 Å². The topological polar surface area (TPSA) is 0 Å². The Morgan fingerprint density at radius 3 is 0.755 bits per heavy atom. The zero-order chi connectivity index (χ0) is 39.1. The second kappa shape index (κ2) is 31.2. The first kappa shape index (κ1) is 50.8. The molecule has 1 radical (unpaired) electrons. The van der Waals surface area contributed by atoms with Crippen molar-refractivity contribution in [1.29, 1.82) is 0 Å².